The first kappa shape index (κ1) is 25.7. The van der Waals surface area contributed by atoms with Crippen molar-refractivity contribution in [2.45, 2.75) is 32.3 Å². The number of benzene rings is 2. The number of hydrogen-bond donors (Lipinski definition) is 2. The van der Waals surface area contributed by atoms with Gasteiger partial charge in [0, 0.05) is 29.5 Å². The quantitative estimate of drug-likeness (QED) is 0.247. The average molecular weight is 545 g/mol. The van der Waals surface area contributed by atoms with Crippen molar-refractivity contribution in [1.82, 2.24) is 31.1 Å². The fraction of sp³-hybridized carbons (Fsp3) is 0.357. The topological polar surface area (TPSA) is 154 Å². The molecule has 0 aliphatic carbocycles. The van der Waals surface area contributed by atoms with E-state index in [9.17, 15) is 9.59 Å². The summed E-state index contributed by atoms with van der Waals surface area (Å²) in [5.74, 6) is -0.0952. The second kappa shape index (κ2) is 10.5. The molecule has 2 aromatic carbocycles. The minimum absolute atomic E-state index is 0.296. The second-order valence-electron chi connectivity index (χ2n) is 9.65. The van der Waals surface area contributed by atoms with Crippen LogP contribution in [-0.4, -0.2) is 69.3 Å². The van der Waals surface area contributed by atoms with Gasteiger partial charge in [0.2, 0.25) is 5.82 Å². The molecule has 0 radical (unpaired) electrons. The van der Waals surface area contributed by atoms with Gasteiger partial charge >= 0.3 is 0 Å². The van der Waals surface area contributed by atoms with Crippen LogP contribution in [0, 0.1) is 5.92 Å². The van der Waals surface area contributed by atoms with Crippen LogP contribution in [0.4, 0.5) is 0 Å². The van der Waals surface area contributed by atoms with Crippen molar-refractivity contribution in [1.29, 1.82) is 0 Å². The molecule has 40 heavy (non-hydrogen) atoms. The van der Waals surface area contributed by atoms with E-state index >= 15 is 0 Å². The van der Waals surface area contributed by atoms with E-state index in [1.165, 1.54) is 6.26 Å². The molecule has 1 atom stereocenters. The van der Waals surface area contributed by atoms with Gasteiger partial charge in [-0.25, -0.2) is 0 Å². The first-order valence-electron chi connectivity index (χ1n) is 13.2. The maximum Gasteiger partial charge on any atom is 0.204 e. The molecule has 6 rings (SSSR count). The summed E-state index contributed by atoms with van der Waals surface area (Å²) in [6.45, 7) is 5.66. The maximum atomic E-state index is 14.4. The number of nitrogens with zero attached hydrogens (tertiary/aromatic N) is 4. The standard InChI is InChI=1S/C28H28N6O6/c1-3-37-21-12-17(13-22(38-4-2)23(21)18-14-30-39-15-18)25(35)24-26(36)19-11-16(27-31-33-34-32-27)5-6-20(19)40-28(24)7-9-29-10-8-28/h5-6,11-15,24,29H,3-4,7-10H2,1-2H3,(H,31,32,33,34)/t24-/m1/s1. The summed E-state index contributed by atoms with van der Waals surface area (Å²) >= 11 is 0. The van der Waals surface area contributed by atoms with Crippen LogP contribution >= 0.6 is 0 Å². The van der Waals surface area contributed by atoms with E-state index in [2.05, 4.69) is 31.1 Å². The fourth-order valence-corrected chi connectivity index (χ4v) is 5.56. The van der Waals surface area contributed by atoms with E-state index < -0.39 is 11.5 Å². The van der Waals surface area contributed by atoms with Crippen molar-refractivity contribution in [2.24, 2.45) is 5.92 Å². The molecule has 2 aromatic heterocycles. The Hall–Kier alpha value is -4.58. The predicted molar refractivity (Wildman–Crippen MR) is 142 cm³/mol. The zero-order chi connectivity index (χ0) is 27.7. The fourth-order valence-electron chi connectivity index (χ4n) is 5.56. The van der Waals surface area contributed by atoms with E-state index in [0.29, 0.717) is 90.0 Å². The van der Waals surface area contributed by atoms with Gasteiger partial charge in [-0.15, -0.1) is 10.2 Å². The first-order chi connectivity index (χ1) is 19.5. The van der Waals surface area contributed by atoms with Gasteiger partial charge in [0.1, 0.15) is 35.0 Å². The Balaban J connectivity index is 1.47. The number of piperidine rings is 1. The number of nitrogens with one attached hydrogen (secondary N) is 2. The van der Waals surface area contributed by atoms with Crippen LogP contribution in [-0.2, 0) is 0 Å². The molecule has 12 nitrogen and oxygen atoms in total. The molecule has 2 aliphatic rings. The summed E-state index contributed by atoms with van der Waals surface area (Å²) in [5.41, 5.74) is 1.48. The summed E-state index contributed by atoms with van der Waals surface area (Å²) in [5, 5.41) is 21.2. The van der Waals surface area contributed by atoms with Crippen molar-refractivity contribution in [3.05, 3.63) is 53.9 Å². The predicted octanol–water partition coefficient (Wildman–Crippen LogP) is 3.52. The number of hydrogen-bond acceptors (Lipinski definition) is 11. The highest BCUT2D eigenvalue weighted by Crippen LogP contribution is 2.46. The third kappa shape index (κ3) is 4.39. The van der Waals surface area contributed by atoms with E-state index in [-0.39, 0.29) is 11.6 Å². The zero-order valence-corrected chi connectivity index (χ0v) is 22.1. The monoisotopic (exact) mass is 544 g/mol. The summed E-state index contributed by atoms with van der Waals surface area (Å²) in [6, 6.07) is 8.48. The molecule has 1 spiro atoms. The van der Waals surface area contributed by atoms with Gasteiger partial charge in [-0.1, -0.05) is 5.16 Å². The third-order valence-corrected chi connectivity index (χ3v) is 7.33. The van der Waals surface area contributed by atoms with Gasteiger partial charge in [-0.05, 0) is 62.5 Å². The van der Waals surface area contributed by atoms with Gasteiger partial charge in [0.05, 0.1) is 30.5 Å². The Morgan fingerprint density at radius 1 is 1.07 bits per heavy atom. The van der Waals surface area contributed by atoms with Crippen LogP contribution in [0.25, 0.3) is 22.5 Å². The molecule has 206 valence electrons. The first-order valence-corrected chi connectivity index (χ1v) is 13.2. The maximum absolute atomic E-state index is 14.4. The molecule has 0 saturated carbocycles. The number of tetrazole rings is 1. The average Bonchev–Trinajstić information content (AvgIpc) is 3.69. The number of aromatic nitrogens is 5. The molecular formula is C28H28N6O6. The van der Waals surface area contributed by atoms with Crippen molar-refractivity contribution >= 4 is 11.6 Å². The van der Waals surface area contributed by atoms with Crippen LogP contribution in [0.1, 0.15) is 47.4 Å². The number of aromatic amines is 1. The lowest BCUT2D eigenvalue weighted by Gasteiger charge is -2.45. The molecule has 1 fully saturated rings. The second-order valence-corrected chi connectivity index (χ2v) is 9.65. The van der Waals surface area contributed by atoms with Gasteiger partial charge in [-0.2, -0.15) is 5.21 Å². The minimum atomic E-state index is -1.08. The highest BCUT2D eigenvalue weighted by Gasteiger charge is 2.54. The van der Waals surface area contributed by atoms with E-state index in [1.807, 2.05) is 13.8 Å². The van der Waals surface area contributed by atoms with Crippen LogP contribution in [0.3, 0.4) is 0 Å². The lowest BCUT2D eigenvalue weighted by atomic mass is 9.70. The SMILES string of the molecule is CCOc1cc(C(=O)[C@@H]2C(=O)c3cc(-c4nn[nH]n4)ccc3OC23CCNCC3)cc(OCC)c1-c1cnoc1. The lowest BCUT2D eigenvalue weighted by Crippen LogP contribution is -2.58. The Kier molecular flexibility index (Phi) is 6.76. The molecule has 0 unspecified atom stereocenters. The smallest absolute Gasteiger partial charge is 0.204 e. The highest BCUT2D eigenvalue weighted by atomic mass is 16.5. The number of ketones is 2. The zero-order valence-electron chi connectivity index (χ0n) is 22.1. The number of fused-ring (bicyclic) bond motifs is 1. The Morgan fingerprint density at radius 3 is 2.45 bits per heavy atom. The van der Waals surface area contributed by atoms with Crippen molar-refractivity contribution < 1.29 is 28.3 Å². The molecular weight excluding hydrogens is 516 g/mol. The van der Waals surface area contributed by atoms with Gasteiger partial charge in [0.15, 0.2) is 11.6 Å². The highest BCUT2D eigenvalue weighted by molar-refractivity contribution is 6.19. The number of carbonyl (C=O) groups excluding carboxylic acids is 2. The summed E-state index contributed by atoms with van der Waals surface area (Å²) in [6.07, 6.45) is 4.04. The van der Waals surface area contributed by atoms with Crippen LogP contribution in [0.5, 0.6) is 17.2 Å². The van der Waals surface area contributed by atoms with E-state index in [1.54, 1.807) is 36.5 Å². The van der Waals surface area contributed by atoms with E-state index in [0.717, 1.165) is 0 Å². The Labute approximate surface area is 229 Å². The van der Waals surface area contributed by atoms with E-state index in [4.69, 9.17) is 18.7 Å². The van der Waals surface area contributed by atoms with Crippen LogP contribution in [0.15, 0.2) is 47.3 Å². The van der Waals surface area contributed by atoms with Gasteiger partial charge < -0.3 is 24.1 Å². The molecule has 1 saturated heterocycles. The number of Topliss-reactive ketones (excluding diaryl/α,β-unsaturated/α-hetero) is 2. The molecule has 4 aromatic rings. The Morgan fingerprint density at radius 2 is 1.82 bits per heavy atom. The number of ether oxygens (including phenoxy) is 3. The number of rotatable bonds is 8. The van der Waals surface area contributed by atoms with Gasteiger partial charge in [0.25, 0.3) is 0 Å². The summed E-state index contributed by atoms with van der Waals surface area (Å²) in [7, 11) is 0. The Bertz CT molecular complexity index is 1500. The molecule has 4 heterocycles. The lowest BCUT2D eigenvalue weighted by molar-refractivity contribution is -0.0138. The van der Waals surface area contributed by atoms with Gasteiger partial charge in [-0.3, -0.25) is 9.59 Å². The molecule has 2 aliphatic heterocycles. The van der Waals surface area contributed by atoms with Crippen molar-refractivity contribution in [3.8, 4) is 39.8 Å². The molecule has 0 bridgehead atoms. The van der Waals surface area contributed by atoms with Crippen LogP contribution < -0.4 is 19.5 Å². The van der Waals surface area contributed by atoms with Crippen LogP contribution in [0.2, 0.25) is 0 Å². The minimum Gasteiger partial charge on any atom is -0.493 e. The largest absolute Gasteiger partial charge is 0.493 e. The summed E-state index contributed by atoms with van der Waals surface area (Å²) in [4.78, 5) is 28.6. The summed E-state index contributed by atoms with van der Waals surface area (Å²) < 4.78 is 23.5. The molecule has 0 amide bonds. The van der Waals surface area contributed by atoms with Crippen molar-refractivity contribution in [3.63, 3.8) is 0 Å². The number of carbonyl (C=O) groups is 2. The normalized spacial score (nSPS) is 17.8. The number of H-pyrrole nitrogens is 1. The van der Waals surface area contributed by atoms with Crippen molar-refractivity contribution in [2.75, 3.05) is 26.3 Å². The molecule has 12 heteroatoms. The molecule has 2 N–H and O–H groups in total. The third-order valence-electron chi connectivity index (χ3n) is 7.33.